The number of aromatic nitrogens is 2. The first kappa shape index (κ1) is 16.6. The molecule has 0 unspecified atom stereocenters. The van der Waals surface area contributed by atoms with E-state index >= 15 is 0 Å². The summed E-state index contributed by atoms with van der Waals surface area (Å²) in [4.78, 5) is 14.0. The van der Waals surface area contributed by atoms with Crippen LogP contribution in [0.4, 0.5) is 15.9 Å². The molecular formula is C19H17FN4O. The van der Waals surface area contributed by atoms with Gasteiger partial charge in [-0.15, -0.1) is 10.2 Å². The molecule has 3 rings (SSSR count). The lowest BCUT2D eigenvalue weighted by molar-refractivity contribution is 0.0778. The van der Waals surface area contributed by atoms with Crippen LogP contribution in [-0.2, 0) is 6.54 Å². The quantitative estimate of drug-likeness (QED) is 0.773. The number of carbonyl (C=O) groups is 1. The summed E-state index contributed by atoms with van der Waals surface area (Å²) < 4.78 is 13.2. The maximum atomic E-state index is 13.2. The fourth-order valence-electron chi connectivity index (χ4n) is 2.35. The Balaban J connectivity index is 1.66. The molecule has 0 spiro atoms. The number of hydrogen-bond acceptors (Lipinski definition) is 4. The molecule has 6 heteroatoms. The number of benzene rings is 2. The number of nitrogens with one attached hydrogen (secondary N) is 1. The van der Waals surface area contributed by atoms with Crippen molar-refractivity contribution in [2.24, 2.45) is 0 Å². The number of amides is 1. The minimum Gasteiger partial charge on any atom is -0.339 e. The van der Waals surface area contributed by atoms with Crippen LogP contribution in [0.5, 0.6) is 0 Å². The van der Waals surface area contributed by atoms with Crippen LogP contribution in [0.25, 0.3) is 0 Å². The van der Waals surface area contributed by atoms with Gasteiger partial charge in [-0.3, -0.25) is 4.79 Å². The van der Waals surface area contributed by atoms with Crippen molar-refractivity contribution in [1.29, 1.82) is 0 Å². The molecule has 5 nitrogen and oxygen atoms in total. The van der Waals surface area contributed by atoms with Gasteiger partial charge in [0.1, 0.15) is 5.82 Å². The number of hydrogen-bond donors (Lipinski definition) is 1. The highest BCUT2D eigenvalue weighted by atomic mass is 19.1. The first-order valence-corrected chi connectivity index (χ1v) is 7.77. The van der Waals surface area contributed by atoms with E-state index in [0.29, 0.717) is 18.1 Å². The summed E-state index contributed by atoms with van der Waals surface area (Å²) in [5, 5.41) is 10.9. The minimum atomic E-state index is -0.340. The molecule has 0 bridgehead atoms. The third-order valence-corrected chi connectivity index (χ3v) is 3.59. The van der Waals surface area contributed by atoms with Crippen LogP contribution in [0.2, 0.25) is 0 Å². The molecule has 25 heavy (non-hydrogen) atoms. The Morgan fingerprint density at radius 1 is 1.04 bits per heavy atom. The van der Waals surface area contributed by atoms with Crippen LogP contribution in [0.15, 0.2) is 66.7 Å². The smallest absolute Gasteiger partial charge is 0.274 e. The van der Waals surface area contributed by atoms with Gasteiger partial charge in [0.05, 0.1) is 0 Å². The van der Waals surface area contributed by atoms with Crippen molar-refractivity contribution in [1.82, 2.24) is 15.1 Å². The molecule has 1 heterocycles. The number of carbonyl (C=O) groups excluding carboxylic acids is 1. The van der Waals surface area contributed by atoms with E-state index in [9.17, 15) is 9.18 Å². The molecule has 0 fully saturated rings. The maximum absolute atomic E-state index is 13.2. The lowest BCUT2D eigenvalue weighted by atomic mass is 10.2. The summed E-state index contributed by atoms with van der Waals surface area (Å²) in [7, 11) is 1.72. The summed E-state index contributed by atoms with van der Waals surface area (Å²) in [6, 6.07) is 19.0. The van der Waals surface area contributed by atoms with Crippen LogP contribution in [-0.4, -0.2) is 28.1 Å². The normalized spacial score (nSPS) is 10.3. The third kappa shape index (κ3) is 4.38. The van der Waals surface area contributed by atoms with Gasteiger partial charge in [-0.2, -0.15) is 0 Å². The van der Waals surface area contributed by atoms with E-state index in [1.807, 2.05) is 30.3 Å². The molecule has 1 amide bonds. The van der Waals surface area contributed by atoms with Crippen molar-refractivity contribution >= 4 is 17.4 Å². The van der Waals surface area contributed by atoms with Crippen LogP contribution < -0.4 is 5.32 Å². The second kappa shape index (κ2) is 7.53. The first-order valence-electron chi connectivity index (χ1n) is 7.77. The molecule has 0 saturated heterocycles. The van der Waals surface area contributed by atoms with E-state index in [2.05, 4.69) is 15.5 Å². The highest BCUT2D eigenvalue weighted by molar-refractivity contribution is 5.92. The molecule has 126 valence electrons. The van der Waals surface area contributed by atoms with E-state index in [0.717, 1.165) is 5.56 Å². The molecular weight excluding hydrogens is 319 g/mol. The van der Waals surface area contributed by atoms with Gasteiger partial charge < -0.3 is 10.2 Å². The van der Waals surface area contributed by atoms with E-state index < -0.39 is 0 Å². The van der Waals surface area contributed by atoms with E-state index in [4.69, 9.17) is 0 Å². The second-order valence-electron chi connectivity index (χ2n) is 5.59. The van der Waals surface area contributed by atoms with Gasteiger partial charge >= 0.3 is 0 Å². The molecule has 0 aliphatic heterocycles. The fraction of sp³-hybridized carbons (Fsp3) is 0.105. The maximum Gasteiger partial charge on any atom is 0.274 e. The molecule has 3 aromatic rings. The van der Waals surface area contributed by atoms with Gasteiger partial charge in [0.2, 0.25) is 0 Å². The van der Waals surface area contributed by atoms with E-state index in [-0.39, 0.29) is 17.4 Å². The zero-order chi connectivity index (χ0) is 17.6. The summed E-state index contributed by atoms with van der Waals surface area (Å²) in [6.45, 7) is 0.491. The summed E-state index contributed by atoms with van der Waals surface area (Å²) in [6.07, 6.45) is 0. The molecule has 0 saturated carbocycles. The van der Waals surface area contributed by atoms with Gasteiger partial charge in [-0.25, -0.2) is 4.39 Å². The third-order valence-electron chi connectivity index (χ3n) is 3.59. The van der Waals surface area contributed by atoms with Gasteiger partial charge in [-0.05, 0) is 35.9 Å². The largest absolute Gasteiger partial charge is 0.339 e. The molecule has 0 aliphatic rings. The molecule has 2 aromatic carbocycles. The van der Waals surface area contributed by atoms with Crippen molar-refractivity contribution in [3.05, 3.63) is 83.8 Å². The zero-order valence-electron chi connectivity index (χ0n) is 13.7. The predicted octanol–water partition coefficient (Wildman–Crippen LogP) is 3.63. The Morgan fingerprint density at radius 2 is 1.84 bits per heavy atom. The van der Waals surface area contributed by atoms with Crippen molar-refractivity contribution in [3.8, 4) is 0 Å². The summed E-state index contributed by atoms with van der Waals surface area (Å²) in [5.41, 5.74) is 1.86. The first-order chi connectivity index (χ1) is 12.1. The van der Waals surface area contributed by atoms with Crippen LogP contribution in [0, 0.1) is 5.82 Å². The lowest BCUT2D eigenvalue weighted by Crippen LogP contribution is -2.27. The Bertz CT molecular complexity index is 853. The molecule has 0 radical (unpaired) electrons. The highest BCUT2D eigenvalue weighted by Gasteiger charge is 2.14. The Labute approximate surface area is 145 Å². The van der Waals surface area contributed by atoms with Crippen LogP contribution in [0.1, 0.15) is 16.1 Å². The average molecular weight is 336 g/mol. The SMILES string of the molecule is CN(Cc1ccccc1)C(=O)c1ccc(Nc2cccc(F)c2)nn1. The van der Waals surface area contributed by atoms with E-state index in [1.165, 1.54) is 12.1 Å². The summed E-state index contributed by atoms with van der Waals surface area (Å²) >= 11 is 0. The minimum absolute atomic E-state index is 0.214. The van der Waals surface area contributed by atoms with Crippen molar-refractivity contribution in [2.45, 2.75) is 6.54 Å². The van der Waals surface area contributed by atoms with Crippen LogP contribution in [0.3, 0.4) is 0 Å². The van der Waals surface area contributed by atoms with Crippen molar-refractivity contribution in [3.63, 3.8) is 0 Å². The average Bonchev–Trinajstić information content (AvgIpc) is 2.62. The number of rotatable bonds is 5. The van der Waals surface area contributed by atoms with Crippen LogP contribution >= 0.6 is 0 Å². The topological polar surface area (TPSA) is 58.1 Å². The number of anilines is 2. The van der Waals surface area contributed by atoms with Gasteiger partial charge in [0.15, 0.2) is 11.5 Å². The molecule has 1 N–H and O–H groups in total. The predicted molar refractivity (Wildman–Crippen MR) is 94.0 cm³/mol. The lowest BCUT2D eigenvalue weighted by Gasteiger charge is -2.16. The number of nitrogens with zero attached hydrogens (tertiary/aromatic N) is 3. The summed E-state index contributed by atoms with van der Waals surface area (Å²) in [5.74, 6) is -0.117. The Kier molecular flexibility index (Phi) is 4.99. The standard InChI is InChI=1S/C19H17FN4O/c1-24(13-14-6-3-2-4-7-14)19(25)17-10-11-18(23-22-17)21-16-9-5-8-15(20)12-16/h2-12H,13H2,1H3,(H,21,23). The highest BCUT2D eigenvalue weighted by Crippen LogP contribution is 2.15. The zero-order valence-corrected chi connectivity index (χ0v) is 13.7. The molecule has 0 atom stereocenters. The Hall–Kier alpha value is -3.28. The number of halogens is 1. The second-order valence-corrected chi connectivity index (χ2v) is 5.59. The monoisotopic (exact) mass is 336 g/mol. The van der Waals surface area contributed by atoms with E-state index in [1.54, 1.807) is 36.2 Å². The molecule has 1 aromatic heterocycles. The van der Waals surface area contributed by atoms with Gasteiger partial charge in [0.25, 0.3) is 5.91 Å². The molecule has 0 aliphatic carbocycles. The van der Waals surface area contributed by atoms with Crippen molar-refractivity contribution in [2.75, 3.05) is 12.4 Å². The van der Waals surface area contributed by atoms with Gasteiger partial charge in [0, 0.05) is 19.3 Å². The Morgan fingerprint density at radius 3 is 2.52 bits per heavy atom. The fourth-order valence-corrected chi connectivity index (χ4v) is 2.35. The van der Waals surface area contributed by atoms with Crippen molar-refractivity contribution < 1.29 is 9.18 Å². The van der Waals surface area contributed by atoms with Gasteiger partial charge in [-0.1, -0.05) is 36.4 Å².